The zero-order valence-electron chi connectivity index (χ0n) is 17.5. The number of halogens is 2. The first-order chi connectivity index (χ1) is 15.6. The molecule has 10 heteroatoms. The number of aliphatic carboxylic acids is 1. The summed E-state index contributed by atoms with van der Waals surface area (Å²) in [5, 5.41) is 20.6. The SMILES string of the molecule is COCc1ccc(CC(=O)O)cc1C(O)c1ccccc1NS(=O)(=O)c1ccc(Cl)cc1Cl. The van der Waals surface area contributed by atoms with Crippen molar-refractivity contribution < 1.29 is 28.2 Å². The van der Waals surface area contributed by atoms with Crippen LogP contribution < -0.4 is 4.72 Å². The second-order valence-electron chi connectivity index (χ2n) is 7.21. The van der Waals surface area contributed by atoms with Crippen LogP contribution in [-0.2, 0) is 32.6 Å². The van der Waals surface area contributed by atoms with Gasteiger partial charge in [0.05, 0.1) is 23.7 Å². The van der Waals surface area contributed by atoms with Crippen LogP contribution in [0.15, 0.2) is 65.6 Å². The number of rotatable bonds is 9. The van der Waals surface area contributed by atoms with Gasteiger partial charge < -0.3 is 14.9 Å². The maximum absolute atomic E-state index is 13.0. The first-order valence-corrected chi connectivity index (χ1v) is 11.9. The molecule has 7 nitrogen and oxygen atoms in total. The molecule has 3 rings (SSSR count). The number of aliphatic hydroxyl groups is 1. The molecule has 1 unspecified atom stereocenters. The Bertz CT molecular complexity index is 1280. The van der Waals surface area contributed by atoms with Gasteiger partial charge in [-0.25, -0.2) is 8.42 Å². The van der Waals surface area contributed by atoms with Gasteiger partial charge in [-0.05, 0) is 41.0 Å². The van der Waals surface area contributed by atoms with Crippen LogP contribution >= 0.6 is 23.2 Å². The lowest BCUT2D eigenvalue weighted by Gasteiger charge is -2.20. The van der Waals surface area contributed by atoms with Crippen LogP contribution in [0.5, 0.6) is 0 Å². The normalized spacial score (nSPS) is 12.4. The number of nitrogens with one attached hydrogen (secondary N) is 1. The molecule has 0 radical (unpaired) electrons. The second kappa shape index (κ2) is 10.5. The van der Waals surface area contributed by atoms with Crippen LogP contribution in [0.4, 0.5) is 5.69 Å². The molecule has 3 N–H and O–H groups in total. The lowest BCUT2D eigenvalue weighted by Crippen LogP contribution is -2.16. The Hall–Kier alpha value is -2.62. The summed E-state index contributed by atoms with van der Waals surface area (Å²) in [6.07, 6.45) is -1.49. The number of benzene rings is 3. The Morgan fingerprint density at radius 3 is 2.45 bits per heavy atom. The van der Waals surface area contributed by atoms with Gasteiger partial charge in [0.2, 0.25) is 0 Å². The number of sulfonamides is 1. The summed E-state index contributed by atoms with van der Waals surface area (Å²) in [6, 6.07) is 15.3. The molecule has 3 aromatic carbocycles. The topological polar surface area (TPSA) is 113 Å². The molecule has 174 valence electrons. The molecule has 0 bridgehead atoms. The number of carboxylic acids is 1. The highest BCUT2D eigenvalue weighted by Crippen LogP contribution is 2.34. The summed E-state index contributed by atoms with van der Waals surface area (Å²) >= 11 is 11.9. The third-order valence-corrected chi connectivity index (χ3v) is 6.93. The van der Waals surface area contributed by atoms with Crippen LogP contribution in [-0.4, -0.2) is 31.7 Å². The highest BCUT2D eigenvalue weighted by atomic mass is 35.5. The number of hydrogen-bond acceptors (Lipinski definition) is 5. The average Bonchev–Trinajstić information content (AvgIpc) is 2.74. The van der Waals surface area contributed by atoms with Gasteiger partial charge in [0, 0.05) is 17.7 Å². The van der Waals surface area contributed by atoms with Crippen LogP contribution in [0.1, 0.15) is 28.4 Å². The lowest BCUT2D eigenvalue weighted by molar-refractivity contribution is -0.136. The highest BCUT2D eigenvalue weighted by Gasteiger charge is 2.23. The smallest absolute Gasteiger partial charge is 0.307 e. The number of aliphatic hydroxyl groups excluding tert-OH is 1. The fourth-order valence-electron chi connectivity index (χ4n) is 3.36. The van der Waals surface area contributed by atoms with Crippen LogP contribution in [0.3, 0.4) is 0 Å². The third-order valence-electron chi connectivity index (χ3n) is 4.84. The Labute approximate surface area is 201 Å². The summed E-state index contributed by atoms with van der Waals surface area (Å²) in [5.74, 6) is -1.01. The lowest BCUT2D eigenvalue weighted by atomic mass is 9.93. The van der Waals surface area contributed by atoms with E-state index in [1.165, 1.54) is 31.4 Å². The highest BCUT2D eigenvalue weighted by molar-refractivity contribution is 7.92. The maximum atomic E-state index is 13.0. The molecule has 0 heterocycles. The fraction of sp³-hybridized carbons (Fsp3) is 0.174. The molecule has 0 aliphatic rings. The second-order valence-corrected chi connectivity index (χ2v) is 9.70. The van der Waals surface area contributed by atoms with Gasteiger partial charge in [0.25, 0.3) is 10.0 Å². The van der Waals surface area contributed by atoms with E-state index in [-0.39, 0.29) is 34.2 Å². The minimum absolute atomic E-state index is 0.0446. The quantitative estimate of drug-likeness (QED) is 0.386. The number of anilines is 1. The van der Waals surface area contributed by atoms with E-state index < -0.39 is 22.1 Å². The van der Waals surface area contributed by atoms with E-state index >= 15 is 0 Å². The van der Waals surface area contributed by atoms with E-state index in [1.807, 2.05) is 0 Å². The minimum Gasteiger partial charge on any atom is -0.481 e. The Morgan fingerprint density at radius 2 is 1.79 bits per heavy atom. The summed E-state index contributed by atoms with van der Waals surface area (Å²) in [6.45, 7) is 0.175. The van der Waals surface area contributed by atoms with Crippen molar-refractivity contribution in [3.05, 3.63) is 93.0 Å². The summed E-state index contributed by atoms with van der Waals surface area (Å²) in [4.78, 5) is 11.0. The number of para-hydroxylation sites is 1. The van der Waals surface area contributed by atoms with Gasteiger partial charge in [0.1, 0.15) is 11.0 Å². The number of ether oxygens (including phenoxy) is 1. The molecule has 0 saturated carbocycles. The van der Waals surface area contributed by atoms with Gasteiger partial charge in [-0.15, -0.1) is 0 Å². The molecule has 3 aromatic rings. The molecule has 33 heavy (non-hydrogen) atoms. The van der Waals surface area contributed by atoms with Crippen molar-refractivity contribution in [3.63, 3.8) is 0 Å². The molecule has 0 spiro atoms. The van der Waals surface area contributed by atoms with Crippen molar-refractivity contribution in [2.45, 2.75) is 24.0 Å². The molecule has 1 atom stereocenters. The zero-order valence-corrected chi connectivity index (χ0v) is 19.8. The van der Waals surface area contributed by atoms with Gasteiger partial charge in [0.15, 0.2) is 0 Å². The first kappa shape index (κ1) is 25.0. The van der Waals surface area contributed by atoms with Crippen LogP contribution in [0.2, 0.25) is 10.0 Å². The Morgan fingerprint density at radius 1 is 1.06 bits per heavy atom. The maximum Gasteiger partial charge on any atom is 0.307 e. The average molecular weight is 510 g/mol. The zero-order chi connectivity index (χ0) is 24.2. The van der Waals surface area contributed by atoms with Gasteiger partial charge in [-0.3, -0.25) is 9.52 Å². The van der Waals surface area contributed by atoms with E-state index in [0.29, 0.717) is 21.7 Å². The van der Waals surface area contributed by atoms with Crippen molar-refractivity contribution in [3.8, 4) is 0 Å². The van der Waals surface area contributed by atoms with E-state index in [9.17, 15) is 18.3 Å². The number of methoxy groups -OCH3 is 1. The Balaban J connectivity index is 2.03. The largest absolute Gasteiger partial charge is 0.481 e. The first-order valence-electron chi connectivity index (χ1n) is 9.69. The summed E-state index contributed by atoms with van der Waals surface area (Å²) in [5.41, 5.74) is 1.95. The molecule has 0 fully saturated rings. The van der Waals surface area contributed by atoms with Crippen molar-refractivity contribution >= 4 is 44.9 Å². The summed E-state index contributed by atoms with van der Waals surface area (Å²) < 4.78 is 33.6. The molecular formula is C23H21Cl2NO6S. The Kier molecular flexibility index (Phi) is 7.99. The standard InChI is InChI=1S/C23H21Cl2NO6S/c1-32-13-15-7-6-14(11-22(27)28)10-18(15)23(29)17-4-2-3-5-20(17)26-33(30,31)21-9-8-16(24)12-19(21)25/h2-10,12,23,26,29H,11,13H2,1H3,(H,27,28). The van der Waals surface area contributed by atoms with Gasteiger partial charge in [-0.1, -0.05) is 59.6 Å². The number of carboxylic acid groups (broad SMARTS) is 1. The minimum atomic E-state index is -4.10. The van der Waals surface area contributed by atoms with Crippen molar-refractivity contribution in [2.75, 3.05) is 11.8 Å². The molecular weight excluding hydrogens is 489 g/mol. The number of carbonyl (C=O) groups is 1. The van der Waals surface area contributed by atoms with Crippen LogP contribution in [0, 0.1) is 0 Å². The van der Waals surface area contributed by atoms with E-state index in [4.69, 9.17) is 33.0 Å². The monoisotopic (exact) mass is 509 g/mol. The van der Waals surface area contributed by atoms with E-state index in [0.717, 1.165) is 0 Å². The predicted molar refractivity (Wildman–Crippen MR) is 126 cm³/mol. The predicted octanol–water partition coefficient (Wildman–Crippen LogP) is 4.65. The summed E-state index contributed by atoms with van der Waals surface area (Å²) in [7, 11) is -2.60. The molecule has 0 amide bonds. The molecule has 0 saturated heterocycles. The van der Waals surface area contributed by atoms with Crippen molar-refractivity contribution in [1.82, 2.24) is 0 Å². The molecule has 0 aromatic heterocycles. The van der Waals surface area contributed by atoms with Crippen molar-refractivity contribution in [2.24, 2.45) is 0 Å². The number of hydrogen-bond donors (Lipinski definition) is 3. The van der Waals surface area contributed by atoms with Crippen molar-refractivity contribution in [1.29, 1.82) is 0 Å². The van der Waals surface area contributed by atoms with E-state index in [1.54, 1.807) is 36.4 Å². The van der Waals surface area contributed by atoms with Gasteiger partial charge in [-0.2, -0.15) is 0 Å². The molecule has 0 aliphatic carbocycles. The van der Waals surface area contributed by atoms with Gasteiger partial charge >= 0.3 is 5.97 Å². The van der Waals surface area contributed by atoms with Crippen LogP contribution in [0.25, 0.3) is 0 Å². The molecule has 0 aliphatic heterocycles. The van der Waals surface area contributed by atoms with E-state index in [2.05, 4.69) is 4.72 Å². The third kappa shape index (κ3) is 6.04. The fourth-order valence-corrected chi connectivity index (χ4v) is 5.22.